The van der Waals surface area contributed by atoms with Gasteiger partial charge < -0.3 is 9.47 Å². The lowest BCUT2D eigenvalue weighted by Gasteiger charge is -2.20. The topological polar surface area (TPSA) is 35.5 Å². The molecule has 0 spiro atoms. The minimum Gasteiger partial charge on any atom is -0.468 e. The van der Waals surface area contributed by atoms with E-state index in [2.05, 4.69) is 0 Å². The molecule has 16 heavy (non-hydrogen) atoms. The molecule has 1 aliphatic heterocycles. The van der Waals surface area contributed by atoms with E-state index in [0.29, 0.717) is 0 Å². The van der Waals surface area contributed by atoms with E-state index >= 15 is 0 Å². The van der Waals surface area contributed by atoms with Crippen LogP contribution < -0.4 is 0 Å². The maximum absolute atomic E-state index is 11.8. The molecule has 1 aromatic carbocycles. The van der Waals surface area contributed by atoms with Crippen LogP contribution in [0.1, 0.15) is 24.3 Å². The number of hydrogen-bond donors (Lipinski definition) is 0. The molecule has 0 aromatic heterocycles. The Balaban J connectivity index is 2.24. The Morgan fingerprint density at radius 3 is 2.75 bits per heavy atom. The van der Waals surface area contributed by atoms with Crippen molar-refractivity contribution < 1.29 is 14.3 Å². The zero-order chi connectivity index (χ0) is 11.4. The third kappa shape index (κ3) is 2.25. The molecule has 0 aliphatic carbocycles. The van der Waals surface area contributed by atoms with Crippen LogP contribution in [0.5, 0.6) is 0 Å². The molecule has 0 bridgehead atoms. The van der Waals surface area contributed by atoms with Gasteiger partial charge in [-0.25, -0.2) is 0 Å². The van der Waals surface area contributed by atoms with E-state index in [1.807, 2.05) is 30.3 Å². The second-order valence-corrected chi connectivity index (χ2v) is 3.96. The van der Waals surface area contributed by atoms with Gasteiger partial charge in [-0.05, 0) is 18.4 Å². The fourth-order valence-corrected chi connectivity index (χ4v) is 2.16. The molecule has 0 unspecified atom stereocenters. The Morgan fingerprint density at radius 1 is 1.44 bits per heavy atom. The minimum absolute atomic E-state index is 0.0325. The molecule has 3 nitrogen and oxygen atoms in total. The predicted molar refractivity (Wildman–Crippen MR) is 60.2 cm³/mol. The lowest BCUT2D eigenvalue weighted by Crippen LogP contribution is -2.26. The summed E-state index contributed by atoms with van der Waals surface area (Å²) in [5.41, 5.74) is 0.973. The summed E-state index contributed by atoms with van der Waals surface area (Å²) >= 11 is 0. The molecule has 1 fully saturated rings. The highest BCUT2D eigenvalue weighted by Gasteiger charge is 2.33. The van der Waals surface area contributed by atoms with Crippen LogP contribution in [0, 0.1) is 0 Å². The Morgan fingerprint density at radius 2 is 2.19 bits per heavy atom. The van der Waals surface area contributed by atoms with Crippen LogP contribution in [-0.4, -0.2) is 25.8 Å². The maximum Gasteiger partial charge on any atom is 0.315 e. The number of benzene rings is 1. The highest BCUT2D eigenvalue weighted by atomic mass is 16.5. The number of ether oxygens (including phenoxy) is 2. The monoisotopic (exact) mass is 220 g/mol. The molecule has 0 radical (unpaired) electrons. The summed E-state index contributed by atoms with van der Waals surface area (Å²) in [6.45, 7) is 0.741. The fraction of sp³-hybridized carbons (Fsp3) is 0.462. The third-order valence-electron chi connectivity index (χ3n) is 2.95. The van der Waals surface area contributed by atoms with Gasteiger partial charge in [0.15, 0.2) is 0 Å². The molecule has 0 saturated carbocycles. The number of hydrogen-bond acceptors (Lipinski definition) is 3. The predicted octanol–water partition coefficient (Wildman–Crippen LogP) is 2.12. The molecule has 0 N–H and O–H groups in total. The van der Waals surface area contributed by atoms with Crippen molar-refractivity contribution in [2.24, 2.45) is 0 Å². The molecular formula is C13H16O3. The summed E-state index contributed by atoms with van der Waals surface area (Å²) in [6.07, 6.45) is 1.91. The summed E-state index contributed by atoms with van der Waals surface area (Å²) in [7, 11) is 1.42. The Hall–Kier alpha value is -1.35. The average molecular weight is 220 g/mol. The van der Waals surface area contributed by atoms with Crippen LogP contribution in [-0.2, 0) is 14.3 Å². The summed E-state index contributed by atoms with van der Waals surface area (Å²) < 4.78 is 10.5. The fourth-order valence-electron chi connectivity index (χ4n) is 2.16. The van der Waals surface area contributed by atoms with Gasteiger partial charge in [0.05, 0.1) is 13.2 Å². The van der Waals surface area contributed by atoms with Crippen molar-refractivity contribution in [2.75, 3.05) is 13.7 Å². The number of methoxy groups -OCH3 is 1. The number of carbonyl (C=O) groups excluding carboxylic acids is 1. The van der Waals surface area contributed by atoms with Crippen molar-refractivity contribution in [3.8, 4) is 0 Å². The van der Waals surface area contributed by atoms with Crippen molar-refractivity contribution in [3.05, 3.63) is 35.9 Å². The number of esters is 1. The van der Waals surface area contributed by atoms with Crippen LogP contribution in [0.3, 0.4) is 0 Å². The van der Waals surface area contributed by atoms with Gasteiger partial charge in [0, 0.05) is 6.61 Å². The van der Waals surface area contributed by atoms with E-state index in [9.17, 15) is 4.79 Å². The smallest absolute Gasteiger partial charge is 0.315 e. The van der Waals surface area contributed by atoms with E-state index in [4.69, 9.17) is 9.47 Å². The van der Waals surface area contributed by atoms with E-state index in [0.717, 1.165) is 25.0 Å². The van der Waals surface area contributed by atoms with Crippen molar-refractivity contribution in [2.45, 2.75) is 24.9 Å². The second-order valence-electron chi connectivity index (χ2n) is 3.96. The van der Waals surface area contributed by atoms with Gasteiger partial charge in [-0.3, -0.25) is 4.79 Å². The standard InChI is InChI=1S/C13H16O3/c1-15-13(14)12(11-8-5-9-16-11)10-6-3-2-4-7-10/h2-4,6-7,11-12H,5,8-9H2,1H3/t11-,12-/m1/s1. The minimum atomic E-state index is -0.284. The third-order valence-corrected chi connectivity index (χ3v) is 2.95. The molecule has 1 aromatic rings. The zero-order valence-electron chi connectivity index (χ0n) is 9.39. The Kier molecular flexibility index (Phi) is 3.57. The largest absolute Gasteiger partial charge is 0.468 e. The highest BCUT2D eigenvalue weighted by molar-refractivity contribution is 5.78. The summed E-state index contributed by atoms with van der Waals surface area (Å²) in [4.78, 5) is 11.8. The molecule has 3 heteroatoms. The molecule has 0 amide bonds. The van der Waals surface area contributed by atoms with Gasteiger partial charge in [-0.2, -0.15) is 0 Å². The Labute approximate surface area is 95.4 Å². The summed E-state index contributed by atoms with van der Waals surface area (Å²) in [5, 5.41) is 0. The van der Waals surface area contributed by atoms with E-state index in [1.54, 1.807) is 0 Å². The average Bonchev–Trinajstić information content (AvgIpc) is 2.84. The van der Waals surface area contributed by atoms with E-state index < -0.39 is 0 Å². The summed E-state index contributed by atoms with van der Waals surface area (Å²) in [6, 6.07) is 9.69. The quantitative estimate of drug-likeness (QED) is 0.732. The zero-order valence-corrected chi connectivity index (χ0v) is 9.39. The first-order valence-corrected chi connectivity index (χ1v) is 5.57. The van der Waals surface area contributed by atoms with Crippen LogP contribution in [0.15, 0.2) is 30.3 Å². The molecule has 1 heterocycles. The number of rotatable bonds is 3. The van der Waals surface area contributed by atoms with Gasteiger partial charge in [0.25, 0.3) is 0 Å². The first-order chi connectivity index (χ1) is 7.83. The van der Waals surface area contributed by atoms with Gasteiger partial charge in [0.2, 0.25) is 0 Å². The maximum atomic E-state index is 11.8. The number of carbonyl (C=O) groups is 1. The van der Waals surface area contributed by atoms with Crippen LogP contribution in [0.4, 0.5) is 0 Å². The van der Waals surface area contributed by atoms with Gasteiger partial charge in [-0.1, -0.05) is 30.3 Å². The normalized spacial score (nSPS) is 21.7. The van der Waals surface area contributed by atoms with Crippen molar-refractivity contribution >= 4 is 5.97 Å². The van der Waals surface area contributed by atoms with E-state index in [1.165, 1.54) is 7.11 Å². The van der Waals surface area contributed by atoms with Crippen LogP contribution in [0.2, 0.25) is 0 Å². The van der Waals surface area contributed by atoms with Crippen molar-refractivity contribution in [1.29, 1.82) is 0 Å². The van der Waals surface area contributed by atoms with Crippen molar-refractivity contribution in [1.82, 2.24) is 0 Å². The molecule has 86 valence electrons. The van der Waals surface area contributed by atoms with Gasteiger partial charge in [0.1, 0.15) is 5.92 Å². The van der Waals surface area contributed by atoms with Crippen LogP contribution >= 0.6 is 0 Å². The summed E-state index contributed by atoms with van der Waals surface area (Å²) in [5.74, 6) is -0.494. The second kappa shape index (κ2) is 5.12. The molecular weight excluding hydrogens is 204 g/mol. The first-order valence-electron chi connectivity index (χ1n) is 5.57. The lowest BCUT2D eigenvalue weighted by atomic mass is 9.92. The first kappa shape index (κ1) is 11.1. The van der Waals surface area contributed by atoms with Gasteiger partial charge >= 0.3 is 5.97 Å². The van der Waals surface area contributed by atoms with E-state index in [-0.39, 0.29) is 18.0 Å². The lowest BCUT2D eigenvalue weighted by molar-refractivity contribution is -0.145. The molecule has 1 aliphatic rings. The van der Waals surface area contributed by atoms with Crippen molar-refractivity contribution in [3.63, 3.8) is 0 Å². The molecule has 2 rings (SSSR count). The molecule has 1 saturated heterocycles. The highest BCUT2D eigenvalue weighted by Crippen LogP contribution is 2.29. The van der Waals surface area contributed by atoms with Crippen LogP contribution in [0.25, 0.3) is 0 Å². The van der Waals surface area contributed by atoms with Gasteiger partial charge in [-0.15, -0.1) is 0 Å². The SMILES string of the molecule is COC(=O)[C@H](c1ccccc1)[C@H]1CCCO1. The molecule has 2 atom stereocenters. The Bertz CT molecular complexity index is 341.